The number of carbonyl (C=O) groups excluding carboxylic acids is 1. The van der Waals surface area contributed by atoms with Crippen LogP contribution >= 0.6 is 0 Å². The van der Waals surface area contributed by atoms with Gasteiger partial charge >= 0.3 is 5.92 Å². The van der Waals surface area contributed by atoms with Gasteiger partial charge in [-0.1, -0.05) is 12.1 Å². The second-order valence-electron chi connectivity index (χ2n) is 10.4. The molecule has 0 saturated carbocycles. The fourth-order valence-corrected chi connectivity index (χ4v) is 4.42. The van der Waals surface area contributed by atoms with Crippen molar-refractivity contribution in [1.29, 1.82) is 0 Å². The monoisotopic (exact) mass is 562 g/mol. The molecule has 0 unspecified atom stereocenters. The van der Waals surface area contributed by atoms with E-state index in [-0.39, 0.29) is 30.8 Å². The zero-order valence-electron chi connectivity index (χ0n) is 23.2. The largest absolute Gasteiger partial charge is 0.493 e. The summed E-state index contributed by atoms with van der Waals surface area (Å²) >= 11 is 0. The molecule has 2 aromatic carbocycles. The minimum absolute atomic E-state index is 0.0241. The first kappa shape index (κ1) is 29.3. The van der Waals surface area contributed by atoms with Crippen molar-refractivity contribution in [1.82, 2.24) is 14.9 Å². The molecular formula is C28H33F3N4O5. The highest BCUT2D eigenvalue weighted by Crippen LogP contribution is 2.42. The third-order valence-electron chi connectivity index (χ3n) is 6.82. The molecular weight excluding hydrogens is 529 g/mol. The number of nitrogens with one attached hydrogen (secondary N) is 1. The van der Waals surface area contributed by atoms with E-state index in [1.165, 1.54) is 19.2 Å². The van der Waals surface area contributed by atoms with Crippen LogP contribution in [-0.4, -0.2) is 71.5 Å². The molecule has 12 heteroatoms. The van der Waals surface area contributed by atoms with E-state index in [1.54, 1.807) is 37.9 Å². The normalized spacial score (nSPS) is 17.2. The van der Waals surface area contributed by atoms with Gasteiger partial charge in [0.1, 0.15) is 42.4 Å². The maximum Gasteiger partial charge on any atom is 0.303 e. The summed E-state index contributed by atoms with van der Waals surface area (Å²) in [4.78, 5) is 22.2. The van der Waals surface area contributed by atoms with Gasteiger partial charge in [0.05, 0.1) is 24.2 Å². The number of fused-ring (bicyclic) bond motifs is 1. The number of hydrogen-bond acceptors (Lipinski definition) is 8. The van der Waals surface area contributed by atoms with Gasteiger partial charge in [0.25, 0.3) is 0 Å². The quantitative estimate of drug-likeness (QED) is 0.397. The molecule has 0 bridgehead atoms. The number of halogens is 3. The SMILES string of the molecule is COc1cc2nc(C)nc(N[C@H](C)c3cccc(C(F)(F)C(C)(C)O)c3F)c2cc1OC[C@@H]1CN(C)C(=O)CO1. The molecule has 1 aliphatic rings. The summed E-state index contributed by atoms with van der Waals surface area (Å²) in [7, 11) is 3.18. The van der Waals surface area contributed by atoms with Gasteiger partial charge in [0.15, 0.2) is 11.5 Å². The van der Waals surface area contributed by atoms with Crippen molar-refractivity contribution in [3.63, 3.8) is 0 Å². The Morgan fingerprint density at radius 3 is 2.62 bits per heavy atom. The Hall–Kier alpha value is -3.64. The zero-order chi connectivity index (χ0) is 29.4. The average molecular weight is 563 g/mol. The van der Waals surface area contributed by atoms with Crippen LogP contribution in [0.5, 0.6) is 11.5 Å². The van der Waals surface area contributed by atoms with Crippen molar-refractivity contribution in [3.8, 4) is 11.5 Å². The molecule has 40 heavy (non-hydrogen) atoms. The topological polar surface area (TPSA) is 106 Å². The Balaban J connectivity index is 1.66. The third kappa shape index (κ3) is 5.78. The van der Waals surface area contributed by atoms with Crippen LogP contribution in [0.1, 0.15) is 43.8 Å². The van der Waals surface area contributed by atoms with Gasteiger partial charge in [-0.15, -0.1) is 0 Å². The number of amides is 1. The van der Waals surface area contributed by atoms with Gasteiger partial charge in [0, 0.05) is 30.6 Å². The predicted molar refractivity (Wildman–Crippen MR) is 142 cm³/mol. The molecule has 2 N–H and O–H groups in total. The number of benzene rings is 2. The lowest BCUT2D eigenvalue weighted by Gasteiger charge is -2.30. The summed E-state index contributed by atoms with van der Waals surface area (Å²) < 4.78 is 62.1. The van der Waals surface area contributed by atoms with E-state index in [0.29, 0.717) is 40.6 Å². The molecule has 216 valence electrons. The van der Waals surface area contributed by atoms with Crippen molar-refractivity contribution >= 4 is 22.6 Å². The summed E-state index contributed by atoms with van der Waals surface area (Å²) in [6.45, 7) is 5.67. The first-order valence-electron chi connectivity index (χ1n) is 12.7. The maximum atomic E-state index is 15.4. The fraction of sp³-hybridized carbons (Fsp3) is 0.464. The first-order valence-corrected chi connectivity index (χ1v) is 12.7. The van der Waals surface area contributed by atoms with Crippen molar-refractivity contribution in [2.75, 3.05) is 39.2 Å². The molecule has 3 aromatic rings. The van der Waals surface area contributed by atoms with Crippen LogP contribution in [0.2, 0.25) is 0 Å². The van der Waals surface area contributed by atoms with Crippen LogP contribution in [0.25, 0.3) is 10.9 Å². The summed E-state index contributed by atoms with van der Waals surface area (Å²) in [6.07, 6.45) is -0.340. The predicted octanol–water partition coefficient (Wildman–Crippen LogP) is 4.36. The first-order chi connectivity index (χ1) is 18.7. The van der Waals surface area contributed by atoms with E-state index in [0.717, 1.165) is 19.9 Å². The second kappa shape index (κ2) is 11.1. The van der Waals surface area contributed by atoms with Crippen LogP contribution in [0.3, 0.4) is 0 Å². The number of hydrogen-bond donors (Lipinski definition) is 2. The smallest absolute Gasteiger partial charge is 0.303 e. The number of nitrogens with zero attached hydrogens (tertiary/aromatic N) is 3. The number of carbonyl (C=O) groups is 1. The number of alkyl halides is 2. The number of aliphatic hydroxyl groups is 1. The Labute approximate surface area is 230 Å². The number of rotatable bonds is 9. The standard InChI is InChI=1S/C28H33F3N4O5/c1-15(18-8-7-9-20(25(18)29)28(30,31)27(3,4)37)32-26-19-10-23(22(38-6)11-21(19)33-16(2)34-26)40-13-17-12-35(5)24(36)14-39-17/h7-11,15,17,37H,12-14H2,1-6H3,(H,32,33,34)/t15-,17+/m1/s1. The summed E-state index contributed by atoms with van der Waals surface area (Å²) in [5.74, 6) is -3.51. The number of aryl methyl sites for hydroxylation is 1. The molecule has 0 radical (unpaired) electrons. The van der Waals surface area contributed by atoms with Gasteiger partial charge in [-0.25, -0.2) is 14.4 Å². The molecule has 2 atom stereocenters. The number of ether oxygens (including phenoxy) is 3. The van der Waals surface area contributed by atoms with Gasteiger partial charge < -0.3 is 29.5 Å². The molecule has 1 aliphatic heterocycles. The lowest BCUT2D eigenvalue weighted by atomic mass is 9.91. The molecule has 1 fully saturated rings. The molecule has 0 aliphatic carbocycles. The molecule has 1 amide bonds. The summed E-state index contributed by atoms with van der Waals surface area (Å²) in [5, 5.41) is 13.6. The van der Waals surface area contributed by atoms with Gasteiger partial charge in [0.2, 0.25) is 5.91 Å². The zero-order valence-corrected chi connectivity index (χ0v) is 23.2. The van der Waals surface area contributed by atoms with Crippen LogP contribution in [-0.2, 0) is 15.5 Å². The lowest BCUT2D eigenvalue weighted by Crippen LogP contribution is -2.46. The molecule has 1 aromatic heterocycles. The fourth-order valence-electron chi connectivity index (χ4n) is 4.42. The minimum Gasteiger partial charge on any atom is -0.493 e. The molecule has 0 spiro atoms. The Morgan fingerprint density at radius 2 is 1.98 bits per heavy atom. The van der Waals surface area contributed by atoms with Crippen LogP contribution in [0, 0.1) is 12.7 Å². The van der Waals surface area contributed by atoms with E-state index in [2.05, 4.69) is 15.3 Å². The minimum atomic E-state index is -3.82. The lowest BCUT2D eigenvalue weighted by molar-refractivity contribution is -0.170. The van der Waals surface area contributed by atoms with Gasteiger partial charge in [-0.2, -0.15) is 8.78 Å². The van der Waals surface area contributed by atoms with E-state index < -0.39 is 28.9 Å². The highest BCUT2D eigenvalue weighted by molar-refractivity contribution is 5.92. The molecule has 4 rings (SSSR count). The van der Waals surface area contributed by atoms with Gasteiger partial charge in [-0.3, -0.25) is 4.79 Å². The van der Waals surface area contributed by atoms with Crippen molar-refractivity contribution in [2.45, 2.75) is 51.4 Å². The highest BCUT2D eigenvalue weighted by Gasteiger charge is 2.49. The number of anilines is 1. The van der Waals surface area contributed by atoms with Crippen LogP contribution in [0.15, 0.2) is 30.3 Å². The van der Waals surface area contributed by atoms with Crippen molar-refractivity contribution < 1.29 is 37.3 Å². The number of morpholine rings is 1. The van der Waals surface area contributed by atoms with E-state index in [1.807, 2.05) is 0 Å². The van der Waals surface area contributed by atoms with Crippen molar-refractivity contribution in [3.05, 3.63) is 53.1 Å². The summed E-state index contributed by atoms with van der Waals surface area (Å²) in [6, 6.07) is 6.26. The van der Waals surface area contributed by atoms with Crippen LogP contribution in [0.4, 0.5) is 19.0 Å². The Kier molecular flexibility index (Phi) is 8.13. The average Bonchev–Trinajstić information content (AvgIpc) is 2.88. The Morgan fingerprint density at radius 1 is 1.25 bits per heavy atom. The highest BCUT2D eigenvalue weighted by atomic mass is 19.3. The van der Waals surface area contributed by atoms with Crippen molar-refractivity contribution in [2.24, 2.45) is 0 Å². The Bertz CT molecular complexity index is 1410. The molecule has 2 heterocycles. The summed E-state index contributed by atoms with van der Waals surface area (Å²) in [5.41, 5.74) is -2.86. The molecule has 9 nitrogen and oxygen atoms in total. The second-order valence-corrected chi connectivity index (χ2v) is 10.4. The number of likely N-dealkylation sites (N-methyl/N-ethyl adjacent to an activating group) is 1. The van der Waals surface area contributed by atoms with E-state index >= 15 is 4.39 Å². The van der Waals surface area contributed by atoms with Gasteiger partial charge in [-0.05, 0) is 39.8 Å². The maximum absolute atomic E-state index is 15.4. The number of methoxy groups -OCH3 is 1. The third-order valence-corrected chi connectivity index (χ3v) is 6.82. The van der Waals surface area contributed by atoms with Crippen LogP contribution < -0.4 is 14.8 Å². The molecule has 1 saturated heterocycles. The van der Waals surface area contributed by atoms with E-state index in [4.69, 9.17) is 14.2 Å². The van der Waals surface area contributed by atoms with E-state index in [9.17, 15) is 18.7 Å². The number of aromatic nitrogens is 2.